The lowest BCUT2D eigenvalue weighted by molar-refractivity contribution is -0.384. The van der Waals surface area contributed by atoms with Crippen molar-refractivity contribution in [3.05, 3.63) is 87.6 Å². The molecule has 2 amide bonds. The molecule has 8 nitrogen and oxygen atoms in total. The number of anilines is 2. The first-order valence-corrected chi connectivity index (χ1v) is 9.44. The van der Waals surface area contributed by atoms with E-state index in [4.69, 9.17) is 16.3 Å². The van der Waals surface area contributed by atoms with E-state index in [1.807, 2.05) is 12.1 Å². The summed E-state index contributed by atoms with van der Waals surface area (Å²) < 4.78 is 5.35. The van der Waals surface area contributed by atoms with Gasteiger partial charge >= 0.3 is 11.7 Å². The highest BCUT2D eigenvalue weighted by Gasteiger charge is 2.29. The van der Waals surface area contributed by atoms with Crippen LogP contribution in [0.25, 0.3) is 0 Å². The number of nitrogens with one attached hydrogen (secondary N) is 1. The highest BCUT2D eigenvalue weighted by atomic mass is 35.5. The van der Waals surface area contributed by atoms with Gasteiger partial charge in [-0.2, -0.15) is 0 Å². The molecule has 3 aromatic rings. The minimum Gasteiger partial charge on any atom is -0.495 e. The largest absolute Gasteiger partial charge is 0.495 e. The fourth-order valence-corrected chi connectivity index (χ4v) is 3.01. The summed E-state index contributed by atoms with van der Waals surface area (Å²) in [5, 5.41) is 15.0. The number of benzene rings is 2. The van der Waals surface area contributed by atoms with Gasteiger partial charge in [0.1, 0.15) is 5.75 Å². The van der Waals surface area contributed by atoms with Crippen molar-refractivity contribution >= 4 is 34.8 Å². The maximum atomic E-state index is 13.1. The molecule has 9 heteroatoms. The van der Waals surface area contributed by atoms with Crippen LogP contribution in [0.5, 0.6) is 5.75 Å². The van der Waals surface area contributed by atoms with Crippen molar-refractivity contribution in [2.45, 2.75) is 6.42 Å². The summed E-state index contributed by atoms with van der Waals surface area (Å²) >= 11 is 5.89. The Balaban J connectivity index is 1.90. The number of hydrogen-bond acceptors (Lipinski definition) is 5. The monoisotopic (exact) mass is 426 g/mol. The van der Waals surface area contributed by atoms with Gasteiger partial charge in [0.25, 0.3) is 0 Å². The van der Waals surface area contributed by atoms with Crippen molar-refractivity contribution in [2.24, 2.45) is 0 Å². The predicted octanol–water partition coefficient (Wildman–Crippen LogP) is 4.74. The van der Waals surface area contributed by atoms with Gasteiger partial charge in [-0.25, -0.2) is 14.7 Å². The SMILES string of the molecule is COc1ccccc1N(C(=O)NCCc1ccc(Cl)cc1)c1ncccc1[N+](=O)[O-]. The Kier molecular flexibility index (Phi) is 6.82. The molecule has 0 spiro atoms. The number of amides is 2. The van der Waals surface area contributed by atoms with E-state index in [9.17, 15) is 14.9 Å². The van der Waals surface area contributed by atoms with E-state index in [-0.39, 0.29) is 11.5 Å². The third-order valence-corrected chi connectivity index (χ3v) is 4.56. The van der Waals surface area contributed by atoms with Gasteiger partial charge in [-0.3, -0.25) is 10.1 Å². The molecule has 0 aliphatic carbocycles. The smallest absolute Gasteiger partial charge is 0.328 e. The summed E-state index contributed by atoms with van der Waals surface area (Å²) in [5.41, 5.74) is 1.04. The van der Waals surface area contributed by atoms with Crippen LogP contribution < -0.4 is 15.0 Å². The second-order valence-corrected chi connectivity index (χ2v) is 6.66. The number of carbonyl (C=O) groups excluding carboxylic acids is 1. The Labute approximate surface area is 178 Å². The number of pyridine rings is 1. The van der Waals surface area contributed by atoms with Crippen LogP contribution in [0, 0.1) is 10.1 Å². The van der Waals surface area contributed by atoms with Gasteiger partial charge in [-0.05, 0) is 42.3 Å². The average Bonchev–Trinajstić information content (AvgIpc) is 2.76. The average molecular weight is 427 g/mol. The van der Waals surface area contributed by atoms with Gasteiger partial charge in [0.15, 0.2) is 0 Å². The molecule has 154 valence electrons. The van der Waals surface area contributed by atoms with Gasteiger partial charge in [0.05, 0.1) is 17.7 Å². The number of halogens is 1. The second-order valence-electron chi connectivity index (χ2n) is 6.22. The number of carbonyl (C=O) groups is 1. The normalized spacial score (nSPS) is 10.3. The number of nitrogens with zero attached hydrogens (tertiary/aromatic N) is 3. The number of rotatable bonds is 7. The molecule has 2 aromatic carbocycles. The predicted molar refractivity (Wildman–Crippen MR) is 115 cm³/mol. The number of methoxy groups -OCH3 is 1. The topological polar surface area (TPSA) is 97.6 Å². The summed E-state index contributed by atoms with van der Waals surface area (Å²) in [6, 6.07) is 16.2. The lowest BCUT2D eigenvalue weighted by Gasteiger charge is -2.23. The highest BCUT2D eigenvalue weighted by Crippen LogP contribution is 2.36. The molecule has 30 heavy (non-hydrogen) atoms. The van der Waals surface area contributed by atoms with Crippen LogP contribution in [0.1, 0.15) is 5.56 Å². The molecule has 0 saturated heterocycles. The Hall–Kier alpha value is -3.65. The van der Waals surface area contributed by atoms with E-state index in [1.54, 1.807) is 36.4 Å². The van der Waals surface area contributed by atoms with Crippen LogP contribution in [-0.4, -0.2) is 29.6 Å². The Morgan fingerprint density at radius 2 is 1.90 bits per heavy atom. The van der Waals surface area contributed by atoms with Gasteiger partial charge in [0, 0.05) is 23.8 Å². The molecule has 0 aliphatic rings. The van der Waals surface area contributed by atoms with Crippen molar-refractivity contribution < 1.29 is 14.5 Å². The molecular weight excluding hydrogens is 408 g/mol. The standard InChI is InChI=1S/C21H19ClN4O4/c1-30-19-7-3-2-5-17(19)25(20-18(26(28)29)6-4-13-23-20)21(27)24-14-12-15-8-10-16(22)11-9-15/h2-11,13H,12,14H2,1H3,(H,24,27). The third-order valence-electron chi connectivity index (χ3n) is 4.31. The minimum atomic E-state index is -0.578. The fraction of sp³-hybridized carbons (Fsp3) is 0.143. The number of hydrogen-bond donors (Lipinski definition) is 1. The van der Waals surface area contributed by atoms with E-state index >= 15 is 0 Å². The first-order valence-electron chi connectivity index (χ1n) is 9.06. The van der Waals surface area contributed by atoms with Crippen molar-refractivity contribution in [3.63, 3.8) is 0 Å². The molecule has 1 aromatic heterocycles. The molecule has 0 atom stereocenters. The van der Waals surface area contributed by atoms with E-state index in [0.29, 0.717) is 29.4 Å². The molecular formula is C21H19ClN4O4. The van der Waals surface area contributed by atoms with Crippen LogP contribution in [-0.2, 0) is 6.42 Å². The third kappa shape index (κ3) is 4.84. The first-order chi connectivity index (χ1) is 14.5. The van der Waals surface area contributed by atoms with Crippen molar-refractivity contribution in [2.75, 3.05) is 18.6 Å². The molecule has 3 rings (SSSR count). The number of para-hydroxylation sites is 2. The summed E-state index contributed by atoms with van der Waals surface area (Å²) in [7, 11) is 1.46. The van der Waals surface area contributed by atoms with Gasteiger partial charge < -0.3 is 10.1 Å². The van der Waals surface area contributed by atoms with Crippen LogP contribution in [0.4, 0.5) is 22.0 Å². The van der Waals surface area contributed by atoms with E-state index in [0.717, 1.165) is 10.5 Å². The molecule has 0 radical (unpaired) electrons. The summed E-state index contributed by atoms with van der Waals surface area (Å²) in [5.74, 6) is 0.279. The highest BCUT2D eigenvalue weighted by molar-refractivity contribution is 6.30. The van der Waals surface area contributed by atoms with Crippen molar-refractivity contribution in [3.8, 4) is 5.75 Å². The van der Waals surface area contributed by atoms with Crippen LogP contribution >= 0.6 is 11.6 Å². The summed E-state index contributed by atoms with van der Waals surface area (Å²) in [6.07, 6.45) is 1.96. The fourth-order valence-electron chi connectivity index (χ4n) is 2.88. The number of nitro groups is 1. The first kappa shape index (κ1) is 21.1. The van der Waals surface area contributed by atoms with Crippen LogP contribution in [0.15, 0.2) is 66.9 Å². The molecule has 1 heterocycles. The van der Waals surface area contributed by atoms with E-state index in [2.05, 4.69) is 10.3 Å². The zero-order chi connectivity index (χ0) is 21.5. The number of aromatic nitrogens is 1. The lowest BCUT2D eigenvalue weighted by atomic mass is 10.1. The Morgan fingerprint density at radius 1 is 1.17 bits per heavy atom. The van der Waals surface area contributed by atoms with Gasteiger partial charge in [0.2, 0.25) is 5.82 Å². The zero-order valence-corrected chi connectivity index (χ0v) is 16.9. The maximum absolute atomic E-state index is 13.1. The van der Waals surface area contributed by atoms with Gasteiger partial charge in [-0.15, -0.1) is 0 Å². The molecule has 0 unspecified atom stereocenters. The van der Waals surface area contributed by atoms with E-state index in [1.165, 1.54) is 25.4 Å². The lowest BCUT2D eigenvalue weighted by Crippen LogP contribution is -2.38. The number of ether oxygens (including phenoxy) is 1. The molecule has 0 aliphatic heterocycles. The Bertz CT molecular complexity index is 1040. The minimum absolute atomic E-state index is 0.101. The summed E-state index contributed by atoms with van der Waals surface area (Å²) in [4.78, 5) is 29.3. The van der Waals surface area contributed by atoms with Crippen LogP contribution in [0.3, 0.4) is 0 Å². The van der Waals surface area contributed by atoms with Gasteiger partial charge in [-0.1, -0.05) is 35.9 Å². The molecule has 0 bridgehead atoms. The van der Waals surface area contributed by atoms with Crippen molar-refractivity contribution in [1.29, 1.82) is 0 Å². The molecule has 1 N–H and O–H groups in total. The van der Waals surface area contributed by atoms with Crippen molar-refractivity contribution in [1.82, 2.24) is 10.3 Å². The van der Waals surface area contributed by atoms with E-state index < -0.39 is 11.0 Å². The number of urea groups is 1. The second kappa shape index (κ2) is 9.71. The maximum Gasteiger partial charge on any atom is 0.328 e. The quantitative estimate of drug-likeness (QED) is 0.434. The Morgan fingerprint density at radius 3 is 2.60 bits per heavy atom. The van der Waals surface area contributed by atoms with Crippen LogP contribution in [0.2, 0.25) is 5.02 Å². The molecule has 0 fully saturated rings. The zero-order valence-electron chi connectivity index (χ0n) is 16.1. The molecule has 0 saturated carbocycles. The summed E-state index contributed by atoms with van der Waals surface area (Å²) in [6.45, 7) is 0.312.